The van der Waals surface area contributed by atoms with Crippen molar-refractivity contribution >= 4 is 30.7 Å². The zero-order chi connectivity index (χ0) is 11.5. The summed E-state index contributed by atoms with van der Waals surface area (Å²) in [4.78, 5) is 0. The normalized spacial score (nSPS) is 26.4. The fourth-order valence-electron chi connectivity index (χ4n) is 1.65. The van der Waals surface area contributed by atoms with Crippen LogP contribution in [0.2, 0.25) is 0 Å². The molecular formula is C8H18N2O2S3. The van der Waals surface area contributed by atoms with Crippen molar-refractivity contribution in [1.29, 1.82) is 0 Å². The first-order chi connectivity index (χ1) is 6.89. The second kappa shape index (κ2) is 5.67. The molecule has 1 aliphatic heterocycles. The van der Waals surface area contributed by atoms with Crippen LogP contribution in [0.25, 0.3) is 0 Å². The van der Waals surface area contributed by atoms with E-state index < -0.39 is 10.0 Å². The van der Waals surface area contributed by atoms with Crippen LogP contribution in [0.4, 0.5) is 0 Å². The molecule has 90 valence electrons. The molecule has 1 saturated heterocycles. The van der Waals surface area contributed by atoms with Gasteiger partial charge in [0.15, 0.2) is 0 Å². The van der Waals surface area contributed by atoms with Gasteiger partial charge in [-0.2, -0.15) is 0 Å². The second-order valence-corrected chi connectivity index (χ2v) is 9.01. The summed E-state index contributed by atoms with van der Waals surface area (Å²) in [6.07, 6.45) is 5.24. The minimum Gasteiger partial charge on any atom is -0.304 e. The summed E-state index contributed by atoms with van der Waals surface area (Å²) in [6, 6.07) is 0.270. The molecule has 7 heteroatoms. The predicted octanol–water partition coefficient (Wildman–Crippen LogP) is -0.332. The van der Waals surface area contributed by atoms with Crippen molar-refractivity contribution in [3.05, 3.63) is 0 Å². The van der Waals surface area contributed by atoms with E-state index in [0.29, 0.717) is 13.1 Å². The maximum absolute atomic E-state index is 11.3. The first kappa shape index (κ1) is 13.5. The number of nitrogens with zero attached hydrogens (tertiary/aromatic N) is 1. The van der Waals surface area contributed by atoms with Gasteiger partial charge in [0.25, 0.3) is 0 Å². The first-order valence-corrected chi connectivity index (χ1v) is 9.45. The maximum Gasteiger partial charge on any atom is 0.211 e. The fourth-order valence-corrected chi connectivity index (χ4v) is 3.23. The van der Waals surface area contributed by atoms with Crippen LogP contribution in [-0.4, -0.2) is 50.2 Å². The van der Waals surface area contributed by atoms with Crippen LogP contribution >= 0.6 is 0 Å². The van der Waals surface area contributed by atoms with Crippen LogP contribution in [-0.2, 0) is 30.7 Å². The first-order valence-electron chi connectivity index (χ1n) is 4.88. The van der Waals surface area contributed by atoms with Crippen molar-refractivity contribution in [1.82, 2.24) is 9.62 Å². The molecule has 4 nitrogen and oxygen atoms in total. The Morgan fingerprint density at radius 3 is 2.80 bits per heavy atom. The Labute approximate surface area is 99.1 Å². The maximum atomic E-state index is 11.3. The van der Waals surface area contributed by atoms with E-state index in [-0.39, 0.29) is 15.5 Å². The highest BCUT2D eigenvalue weighted by Crippen LogP contribution is 2.12. The van der Waals surface area contributed by atoms with Gasteiger partial charge in [-0.05, 0) is 19.1 Å². The molecule has 15 heavy (non-hydrogen) atoms. The largest absolute Gasteiger partial charge is 0.304 e. The lowest BCUT2D eigenvalue weighted by atomic mass is 10.1. The van der Waals surface area contributed by atoms with Gasteiger partial charge < -0.3 is 5.32 Å². The van der Waals surface area contributed by atoms with Gasteiger partial charge in [-0.3, -0.25) is 0 Å². The lowest BCUT2D eigenvalue weighted by molar-refractivity contribution is 0.292. The van der Waals surface area contributed by atoms with Gasteiger partial charge in [0.1, 0.15) is 0 Å². The summed E-state index contributed by atoms with van der Waals surface area (Å²) in [5, 5.41) is 3.33. The van der Waals surface area contributed by atoms with Gasteiger partial charge >= 0.3 is 0 Å². The Morgan fingerprint density at radius 1 is 1.60 bits per heavy atom. The van der Waals surface area contributed by atoms with Gasteiger partial charge in [-0.25, -0.2) is 12.7 Å². The molecule has 1 N–H and O–H groups in total. The van der Waals surface area contributed by atoms with E-state index >= 15 is 0 Å². The molecule has 0 saturated carbocycles. The van der Waals surface area contributed by atoms with Crippen molar-refractivity contribution < 1.29 is 8.42 Å². The van der Waals surface area contributed by atoms with E-state index in [1.165, 1.54) is 6.26 Å². The standard InChI is InChI=1S/C8H18N2O2S3/c1-14(13)7-9-8-4-3-5-10(6-8)15(2,11)12/h8-9H,3-7H2,1-2H3. The molecule has 2 atom stereocenters. The minimum absolute atomic E-state index is 0.0454. The Hall–Kier alpha value is 0.440. The molecule has 0 amide bonds. The average Bonchev–Trinajstić information content (AvgIpc) is 2.14. The zero-order valence-electron chi connectivity index (χ0n) is 9.10. The highest BCUT2D eigenvalue weighted by molar-refractivity contribution is 8.28. The summed E-state index contributed by atoms with van der Waals surface area (Å²) in [5.74, 6) is 0.803. The summed E-state index contributed by atoms with van der Waals surface area (Å²) in [7, 11) is -3.07. The summed E-state index contributed by atoms with van der Waals surface area (Å²) >= 11 is 5.08. The topological polar surface area (TPSA) is 49.4 Å². The Morgan fingerprint density at radius 2 is 2.27 bits per heavy atom. The number of piperidine rings is 1. The molecule has 0 radical (unpaired) electrons. The van der Waals surface area contributed by atoms with E-state index in [0.717, 1.165) is 18.7 Å². The molecule has 0 aromatic heterocycles. The monoisotopic (exact) mass is 270 g/mol. The number of hydrogen-bond donors (Lipinski definition) is 1. The Bertz CT molecular complexity index is 329. The highest BCUT2D eigenvalue weighted by Gasteiger charge is 2.25. The zero-order valence-corrected chi connectivity index (χ0v) is 11.6. The minimum atomic E-state index is -3.03. The number of hydrogen-bond acceptors (Lipinski definition) is 4. The van der Waals surface area contributed by atoms with Crippen molar-refractivity contribution in [2.45, 2.75) is 18.9 Å². The summed E-state index contributed by atoms with van der Waals surface area (Å²) < 4.78 is 24.2. The third-order valence-corrected chi connectivity index (χ3v) is 4.62. The lowest BCUT2D eigenvalue weighted by Crippen LogP contribution is -2.48. The van der Waals surface area contributed by atoms with Gasteiger partial charge in [0.05, 0.1) is 6.26 Å². The molecule has 2 unspecified atom stereocenters. The molecule has 0 spiro atoms. The number of nitrogens with one attached hydrogen (secondary N) is 1. The number of sulfonamides is 1. The fraction of sp³-hybridized carbons (Fsp3) is 1.00. The van der Waals surface area contributed by atoms with Crippen LogP contribution in [0.1, 0.15) is 12.8 Å². The van der Waals surface area contributed by atoms with Crippen LogP contribution in [0, 0.1) is 0 Å². The molecule has 1 aliphatic rings. The van der Waals surface area contributed by atoms with Crippen molar-refractivity contribution in [2.24, 2.45) is 0 Å². The van der Waals surface area contributed by atoms with Crippen LogP contribution in [0.3, 0.4) is 0 Å². The highest BCUT2D eigenvalue weighted by atomic mass is 32.8. The van der Waals surface area contributed by atoms with Crippen LogP contribution in [0.15, 0.2) is 0 Å². The van der Waals surface area contributed by atoms with Gasteiger partial charge in [-0.1, -0.05) is 11.2 Å². The van der Waals surface area contributed by atoms with E-state index in [4.69, 9.17) is 11.2 Å². The van der Waals surface area contributed by atoms with E-state index in [9.17, 15) is 8.42 Å². The van der Waals surface area contributed by atoms with Crippen molar-refractivity contribution in [3.8, 4) is 0 Å². The number of rotatable bonds is 4. The predicted molar refractivity (Wildman–Crippen MR) is 68.1 cm³/mol. The van der Waals surface area contributed by atoms with Gasteiger partial charge in [0, 0.05) is 25.0 Å². The van der Waals surface area contributed by atoms with Gasteiger partial charge in [0.2, 0.25) is 10.0 Å². The Balaban J connectivity index is 2.46. The summed E-state index contributed by atoms with van der Waals surface area (Å²) in [5.41, 5.74) is 0. The van der Waals surface area contributed by atoms with Crippen molar-refractivity contribution in [3.63, 3.8) is 0 Å². The molecule has 0 aromatic carbocycles. The molecule has 0 aromatic rings. The summed E-state index contributed by atoms with van der Waals surface area (Å²) in [6.45, 7) is 1.24. The van der Waals surface area contributed by atoms with Crippen molar-refractivity contribution in [2.75, 3.05) is 31.5 Å². The van der Waals surface area contributed by atoms with E-state index in [1.807, 2.05) is 6.26 Å². The Kier molecular flexibility index (Phi) is 5.11. The SMILES string of the molecule is CS(=S)CNC1CCCN(S(C)(=O)=O)C1. The third kappa shape index (κ3) is 4.86. The second-order valence-electron chi connectivity index (χ2n) is 3.88. The van der Waals surface area contributed by atoms with Gasteiger partial charge in [-0.15, -0.1) is 9.45 Å². The van der Waals surface area contributed by atoms with Crippen LogP contribution < -0.4 is 5.32 Å². The molecular weight excluding hydrogens is 252 g/mol. The molecule has 1 rings (SSSR count). The van der Waals surface area contributed by atoms with E-state index in [2.05, 4.69) is 5.32 Å². The molecule has 0 bridgehead atoms. The smallest absolute Gasteiger partial charge is 0.211 e. The van der Waals surface area contributed by atoms with E-state index in [1.54, 1.807) is 4.31 Å². The molecule has 0 aliphatic carbocycles. The lowest BCUT2D eigenvalue weighted by Gasteiger charge is -2.31. The molecule has 1 heterocycles. The average molecular weight is 270 g/mol. The molecule has 1 fully saturated rings. The van der Waals surface area contributed by atoms with Crippen LogP contribution in [0.5, 0.6) is 0 Å². The third-order valence-electron chi connectivity index (χ3n) is 2.43. The quantitative estimate of drug-likeness (QED) is 0.760.